The van der Waals surface area contributed by atoms with Crippen molar-refractivity contribution in [1.29, 1.82) is 0 Å². The largest absolute Gasteiger partial charge is 0.388 e. The van der Waals surface area contributed by atoms with Crippen LogP contribution in [0, 0.1) is 0 Å². The average Bonchev–Trinajstić information content (AvgIpc) is 3.00. The lowest BCUT2D eigenvalue weighted by atomic mass is 9.97. The zero-order valence-corrected chi connectivity index (χ0v) is 26.8. The van der Waals surface area contributed by atoms with Crippen LogP contribution in [0.5, 0.6) is 0 Å². The van der Waals surface area contributed by atoms with Gasteiger partial charge in [-0.3, -0.25) is 0 Å². The lowest BCUT2D eigenvalue weighted by Gasteiger charge is -2.45. The lowest BCUT2D eigenvalue weighted by molar-refractivity contribution is -0.372. The van der Waals surface area contributed by atoms with Crippen LogP contribution in [0.3, 0.4) is 0 Å². The highest BCUT2D eigenvalue weighted by Crippen LogP contribution is 2.28. The molecule has 0 spiro atoms. The second kappa shape index (κ2) is 23.0. The minimum absolute atomic E-state index is 0.238. The van der Waals surface area contributed by atoms with E-state index in [2.05, 4.69) is 24.5 Å². The van der Waals surface area contributed by atoms with E-state index < -0.39 is 61.4 Å². The molecule has 43 heavy (non-hydrogen) atoms. The first-order valence-corrected chi connectivity index (χ1v) is 17.3. The fourth-order valence-electron chi connectivity index (χ4n) is 5.78. The fourth-order valence-corrected chi connectivity index (χ4v) is 5.78. The molecule has 0 aromatic heterocycles. The molecule has 0 unspecified atom stereocenters. The molecule has 11 nitrogen and oxygen atoms in total. The van der Waals surface area contributed by atoms with Crippen molar-refractivity contribution < 1.29 is 44.8 Å². The molecule has 11 heteroatoms. The smallest absolute Gasteiger partial charge is 0.189 e. The van der Waals surface area contributed by atoms with Gasteiger partial charge in [-0.05, 0) is 25.9 Å². The maximum absolute atomic E-state index is 10.5. The Hall–Kier alpha value is -0.440. The van der Waals surface area contributed by atoms with Crippen LogP contribution in [-0.4, -0.2) is 118 Å². The van der Waals surface area contributed by atoms with Gasteiger partial charge in [0, 0.05) is 13.1 Å². The van der Waals surface area contributed by atoms with E-state index in [4.69, 9.17) is 14.2 Å². The second-order valence-corrected chi connectivity index (χ2v) is 12.5. The molecule has 10 atom stereocenters. The summed E-state index contributed by atoms with van der Waals surface area (Å²) in [6.45, 7) is 6.36. The molecule has 0 aromatic carbocycles. The average molecular weight is 621 g/mol. The van der Waals surface area contributed by atoms with Gasteiger partial charge in [0.15, 0.2) is 12.6 Å². The summed E-state index contributed by atoms with van der Waals surface area (Å²) in [5, 5.41) is 69.4. The maximum Gasteiger partial charge on any atom is 0.189 e. The summed E-state index contributed by atoms with van der Waals surface area (Å²) in [7, 11) is 0. The van der Waals surface area contributed by atoms with Gasteiger partial charge in [0.05, 0.1) is 0 Å². The van der Waals surface area contributed by atoms with Gasteiger partial charge >= 0.3 is 0 Å². The second-order valence-electron chi connectivity index (χ2n) is 12.5. The maximum atomic E-state index is 10.5. The predicted molar refractivity (Wildman–Crippen MR) is 165 cm³/mol. The molecule has 2 heterocycles. The molecule has 2 fully saturated rings. The van der Waals surface area contributed by atoms with Crippen LogP contribution >= 0.6 is 0 Å². The van der Waals surface area contributed by atoms with Gasteiger partial charge in [-0.1, -0.05) is 104 Å². The van der Waals surface area contributed by atoms with E-state index in [0.29, 0.717) is 0 Å². The summed E-state index contributed by atoms with van der Waals surface area (Å²) in [6, 6.07) is 0. The Bertz CT molecular complexity index is 625. The summed E-state index contributed by atoms with van der Waals surface area (Å²) in [4.78, 5) is 0. The Kier molecular flexibility index (Phi) is 20.7. The normalized spacial score (nSPS) is 33.2. The van der Waals surface area contributed by atoms with Crippen molar-refractivity contribution in [2.24, 2.45) is 0 Å². The molecule has 0 bridgehead atoms. The molecular formula is C32H64N2O9. The van der Waals surface area contributed by atoms with E-state index in [9.17, 15) is 30.6 Å². The van der Waals surface area contributed by atoms with Crippen molar-refractivity contribution in [2.75, 3.05) is 26.2 Å². The van der Waals surface area contributed by atoms with Crippen molar-refractivity contribution >= 4 is 0 Å². The molecule has 0 radical (unpaired) electrons. The van der Waals surface area contributed by atoms with Crippen LogP contribution in [-0.2, 0) is 14.2 Å². The van der Waals surface area contributed by atoms with Gasteiger partial charge in [-0.25, -0.2) is 0 Å². The number of rotatable bonds is 24. The fraction of sp³-hybridized carbons (Fsp3) is 1.00. The number of hydrogen-bond donors (Lipinski definition) is 8. The van der Waals surface area contributed by atoms with E-state index >= 15 is 0 Å². The topological polar surface area (TPSA) is 173 Å². The minimum atomic E-state index is -1.60. The third kappa shape index (κ3) is 14.2. The summed E-state index contributed by atoms with van der Waals surface area (Å²) < 4.78 is 17.3. The standard InChI is InChI=1S/C32H64N2O9/c1-3-5-7-9-11-13-15-17-19-33-21-23-25(35)27(37)29(39)31(41-23)43-32-30(40)28(38)26(36)24(42-32)22-34-20-18-16-14-12-10-8-6-4-2/h23-40H,3-22H2,1-2H3/t23-,24-,25-,26-,27+,28+,29-,30-,31-,32-/m1/s1. The van der Waals surface area contributed by atoms with Crippen molar-refractivity contribution in [3.8, 4) is 0 Å². The van der Waals surface area contributed by atoms with Crippen LogP contribution in [0.15, 0.2) is 0 Å². The molecule has 0 aliphatic carbocycles. The van der Waals surface area contributed by atoms with Gasteiger partial charge in [-0.15, -0.1) is 0 Å². The Labute approximate surface area is 259 Å². The molecule has 0 amide bonds. The first kappa shape index (κ1) is 38.7. The zero-order chi connectivity index (χ0) is 31.5. The molecule has 2 aliphatic heterocycles. The Morgan fingerprint density at radius 1 is 0.442 bits per heavy atom. The van der Waals surface area contributed by atoms with E-state index in [1.807, 2.05) is 0 Å². The zero-order valence-electron chi connectivity index (χ0n) is 26.8. The molecule has 0 aromatic rings. The highest BCUT2D eigenvalue weighted by Gasteiger charge is 2.49. The lowest BCUT2D eigenvalue weighted by Crippen LogP contribution is -2.64. The molecule has 2 saturated heterocycles. The van der Waals surface area contributed by atoms with Crippen LogP contribution < -0.4 is 10.6 Å². The van der Waals surface area contributed by atoms with Gasteiger partial charge in [0.2, 0.25) is 0 Å². The highest BCUT2D eigenvalue weighted by molar-refractivity contribution is 4.93. The SMILES string of the molecule is CCCCCCCCCCNC[C@H]1O[C@H](O[C@H]2O[C@H](CNCCCCCCCCCC)[C@@H](O)[C@H](O)[C@H]2O)[C@H](O)[C@@H](O)[C@@H]1O. The van der Waals surface area contributed by atoms with Gasteiger partial charge < -0.3 is 55.5 Å². The Morgan fingerprint density at radius 3 is 1.12 bits per heavy atom. The van der Waals surface area contributed by atoms with Gasteiger partial charge in [0.25, 0.3) is 0 Å². The number of unbranched alkanes of at least 4 members (excludes halogenated alkanes) is 14. The molecule has 0 saturated carbocycles. The van der Waals surface area contributed by atoms with Crippen molar-refractivity contribution in [3.05, 3.63) is 0 Å². The number of hydrogen-bond acceptors (Lipinski definition) is 11. The van der Waals surface area contributed by atoms with E-state index in [0.717, 1.165) is 38.8 Å². The van der Waals surface area contributed by atoms with Crippen LogP contribution in [0.1, 0.15) is 117 Å². The Balaban J connectivity index is 1.74. The summed E-state index contributed by atoms with van der Waals surface area (Å²) in [6.07, 6.45) is 5.77. The first-order valence-electron chi connectivity index (χ1n) is 17.3. The molecular weight excluding hydrogens is 556 g/mol. The molecule has 8 N–H and O–H groups in total. The van der Waals surface area contributed by atoms with Crippen molar-refractivity contribution in [1.82, 2.24) is 10.6 Å². The summed E-state index contributed by atoms with van der Waals surface area (Å²) in [5.74, 6) is 0. The molecule has 256 valence electrons. The van der Waals surface area contributed by atoms with Crippen molar-refractivity contribution in [3.63, 3.8) is 0 Å². The van der Waals surface area contributed by atoms with E-state index in [1.165, 1.54) is 77.0 Å². The summed E-state index contributed by atoms with van der Waals surface area (Å²) >= 11 is 0. The van der Waals surface area contributed by atoms with E-state index in [-0.39, 0.29) is 13.1 Å². The number of nitrogens with one attached hydrogen (secondary N) is 2. The number of aliphatic hydroxyl groups excluding tert-OH is 6. The quantitative estimate of drug-likeness (QED) is 0.0743. The number of aliphatic hydroxyl groups is 6. The van der Waals surface area contributed by atoms with Crippen LogP contribution in [0.4, 0.5) is 0 Å². The van der Waals surface area contributed by atoms with E-state index in [1.54, 1.807) is 0 Å². The summed E-state index contributed by atoms with van der Waals surface area (Å²) in [5.41, 5.74) is 0. The minimum Gasteiger partial charge on any atom is -0.388 e. The predicted octanol–water partition coefficient (Wildman–Crippen LogP) is 2.08. The molecule has 2 rings (SSSR count). The van der Waals surface area contributed by atoms with Gasteiger partial charge in [-0.2, -0.15) is 0 Å². The monoisotopic (exact) mass is 620 g/mol. The molecule has 2 aliphatic rings. The van der Waals surface area contributed by atoms with Crippen LogP contribution in [0.25, 0.3) is 0 Å². The highest BCUT2D eigenvalue weighted by atomic mass is 16.8. The first-order chi connectivity index (χ1) is 20.8. The third-order valence-electron chi connectivity index (χ3n) is 8.71. The van der Waals surface area contributed by atoms with Crippen LogP contribution in [0.2, 0.25) is 0 Å². The van der Waals surface area contributed by atoms with Gasteiger partial charge in [0.1, 0.15) is 48.8 Å². The van der Waals surface area contributed by atoms with Crippen molar-refractivity contribution in [2.45, 2.75) is 178 Å². The number of ether oxygens (including phenoxy) is 3. The third-order valence-corrected chi connectivity index (χ3v) is 8.71. The Morgan fingerprint density at radius 2 is 0.767 bits per heavy atom.